The van der Waals surface area contributed by atoms with E-state index in [-0.39, 0.29) is 11.9 Å². The van der Waals surface area contributed by atoms with Crippen LogP contribution in [0.15, 0.2) is 0 Å². The molecule has 0 spiro atoms. The monoisotopic (exact) mass is 223 g/mol. The van der Waals surface area contributed by atoms with Gasteiger partial charge < -0.3 is 10.6 Å². The predicted octanol–water partition coefficient (Wildman–Crippen LogP) is -0.190. The van der Waals surface area contributed by atoms with Crippen molar-refractivity contribution in [2.24, 2.45) is 0 Å². The molecule has 0 radical (unpaired) electrons. The molecule has 1 aliphatic rings. The van der Waals surface area contributed by atoms with Crippen molar-refractivity contribution in [1.82, 2.24) is 15.5 Å². The van der Waals surface area contributed by atoms with Gasteiger partial charge in [0.05, 0.1) is 6.04 Å². The summed E-state index contributed by atoms with van der Waals surface area (Å²) in [5, 5.41) is 6.19. The van der Waals surface area contributed by atoms with E-state index in [9.17, 15) is 4.79 Å². The Balaban J connectivity index is 2.25. The molecule has 4 heteroatoms. The lowest BCUT2D eigenvalue weighted by Gasteiger charge is -2.31. The molecule has 1 saturated heterocycles. The van der Waals surface area contributed by atoms with Crippen LogP contribution in [0.4, 0.5) is 0 Å². The van der Waals surface area contributed by atoms with Gasteiger partial charge in [0, 0.05) is 39.1 Å². The van der Waals surface area contributed by atoms with Crippen molar-refractivity contribution in [3.8, 4) is 11.8 Å². The first-order valence-corrected chi connectivity index (χ1v) is 5.88. The van der Waals surface area contributed by atoms with Crippen molar-refractivity contribution in [2.75, 3.05) is 32.7 Å². The van der Waals surface area contributed by atoms with Crippen molar-refractivity contribution in [1.29, 1.82) is 0 Å². The van der Waals surface area contributed by atoms with Gasteiger partial charge in [-0.1, -0.05) is 0 Å². The zero-order chi connectivity index (χ0) is 11.8. The highest BCUT2D eigenvalue weighted by Gasteiger charge is 2.21. The second-order valence-electron chi connectivity index (χ2n) is 3.93. The first-order valence-electron chi connectivity index (χ1n) is 5.88. The number of nitrogens with zero attached hydrogens (tertiary/aromatic N) is 1. The number of carbonyl (C=O) groups excluding carboxylic acids is 1. The molecule has 1 fully saturated rings. The fourth-order valence-corrected chi connectivity index (χ4v) is 1.76. The smallest absolute Gasteiger partial charge is 0.237 e. The molecule has 2 N–H and O–H groups in total. The van der Waals surface area contributed by atoms with Gasteiger partial charge in [-0.25, -0.2) is 0 Å². The SMILES string of the molecule is CC#CCCNC(=O)C(C)N1CCNCC1. The van der Waals surface area contributed by atoms with Gasteiger partial charge in [-0.05, 0) is 13.8 Å². The average Bonchev–Trinajstić information content (AvgIpc) is 2.34. The van der Waals surface area contributed by atoms with Crippen LogP contribution in [0.2, 0.25) is 0 Å². The minimum absolute atomic E-state index is 0.0308. The summed E-state index contributed by atoms with van der Waals surface area (Å²) in [6, 6.07) is -0.0308. The van der Waals surface area contributed by atoms with Gasteiger partial charge in [0.15, 0.2) is 0 Å². The Morgan fingerprint density at radius 2 is 2.19 bits per heavy atom. The maximum Gasteiger partial charge on any atom is 0.237 e. The van der Waals surface area contributed by atoms with E-state index >= 15 is 0 Å². The Labute approximate surface area is 97.8 Å². The molecule has 0 aromatic rings. The van der Waals surface area contributed by atoms with Crippen LogP contribution in [0.25, 0.3) is 0 Å². The highest BCUT2D eigenvalue weighted by Crippen LogP contribution is 2.00. The summed E-state index contributed by atoms with van der Waals surface area (Å²) in [7, 11) is 0. The number of piperazine rings is 1. The minimum Gasteiger partial charge on any atom is -0.354 e. The van der Waals surface area contributed by atoms with Gasteiger partial charge in [-0.15, -0.1) is 11.8 Å². The number of rotatable bonds is 4. The summed E-state index contributed by atoms with van der Waals surface area (Å²) in [5.74, 6) is 5.86. The lowest BCUT2D eigenvalue weighted by atomic mass is 10.2. The molecular weight excluding hydrogens is 202 g/mol. The van der Waals surface area contributed by atoms with Gasteiger partial charge in [-0.3, -0.25) is 9.69 Å². The van der Waals surface area contributed by atoms with Crippen LogP contribution in [0, 0.1) is 11.8 Å². The number of nitrogens with one attached hydrogen (secondary N) is 2. The summed E-state index contributed by atoms with van der Waals surface area (Å²) >= 11 is 0. The van der Waals surface area contributed by atoms with Crippen molar-refractivity contribution in [3.05, 3.63) is 0 Å². The quantitative estimate of drug-likeness (QED) is 0.513. The summed E-state index contributed by atoms with van der Waals surface area (Å²) in [6.45, 7) is 8.26. The summed E-state index contributed by atoms with van der Waals surface area (Å²) in [6.07, 6.45) is 0.733. The van der Waals surface area contributed by atoms with Crippen LogP contribution in [0.3, 0.4) is 0 Å². The van der Waals surface area contributed by atoms with Gasteiger partial charge in [0.2, 0.25) is 5.91 Å². The highest BCUT2D eigenvalue weighted by atomic mass is 16.2. The molecule has 4 nitrogen and oxygen atoms in total. The Kier molecular flexibility index (Phi) is 5.91. The van der Waals surface area contributed by atoms with E-state index < -0.39 is 0 Å². The van der Waals surface area contributed by atoms with Crippen LogP contribution < -0.4 is 10.6 Å². The van der Waals surface area contributed by atoms with Crippen LogP contribution in [0.1, 0.15) is 20.3 Å². The number of hydrogen-bond donors (Lipinski definition) is 2. The predicted molar refractivity (Wildman–Crippen MR) is 65.0 cm³/mol. The van der Waals surface area contributed by atoms with E-state index in [0.717, 1.165) is 32.6 Å². The third-order valence-corrected chi connectivity index (χ3v) is 2.80. The van der Waals surface area contributed by atoms with E-state index in [2.05, 4.69) is 27.4 Å². The molecule has 16 heavy (non-hydrogen) atoms. The Hall–Kier alpha value is -1.05. The number of hydrogen-bond acceptors (Lipinski definition) is 3. The van der Waals surface area contributed by atoms with Crippen LogP contribution in [-0.2, 0) is 4.79 Å². The Bertz CT molecular complexity index is 274. The molecular formula is C12H21N3O. The van der Waals surface area contributed by atoms with Crippen molar-refractivity contribution < 1.29 is 4.79 Å². The molecule has 0 aromatic heterocycles. The largest absolute Gasteiger partial charge is 0.354 e. The van der Waals surface area contributed by atoms with E-state index in [1.165, 1.54) is 0 Å². The third kappa shape index (κ3) is 4.21. The number of carbonyl (C=O) groups is 1. The first kappa shape index (κ1) is 13.0. The molecule has 0 aliphatic carbocycles. The van der Waals surface area contributed by atoms with Crippen LogP contribution >= 0.6 is 0 Å². The van der Waals surface area contributed by atoms with Crippen molar-refractivity contribution in [3.63, 3.8) is 0 Å². The average molecular weight is 223 g/mol. The van der Waals surface area contributed by atoms with E-state index in [4.69, 9.17) is 0 Å². The Morgan fingerprint density at radius 1 is 1.50 bits per heavy atom. The molecule has 0 aromatic carbocycles. The zero-order valence-corrected chi connectivity index (χ0v) is 10.2. The molecule has 1 heterocycles. The van der Waals surface area contributed by atoms with Gasteiger partial charge in [0.25, 0.3) is 0 Å². The fraction of sp³-hybridized carbons (Fsp3) is 0.750. The lowest BCUT2D eigenvalue weighted by Crippen LogP contribution is -2.52. The minimum atomic E-state index is -0.0308. The summed E-state index contributed by atoms with van der Waals surface area (Å²) < 4.78 is 0. The second-order valence-corrected chi connectivity index (χ2v) is 3.93. The highest BCUT2D eigenvalue weighted by molar-refractivity contribution is 5.81. The zero-order valence-electron chi connectivity index (χ0n) is 10.2. The molecule has 1 aliphatic heterocycles. The van der Waals surface area contributed by atoms with Gasteiger partial charge in [0.1, 0.15) is 0 Å². The first-order chi connectivity index (χ1) is 7.75. The van der Waals surface area contributed by atoms with E-state index in [0.29, 0.717) is 6.54 Å². The normalized spacial score (nSPS) is 18.4. The van der Waals surface area contributed by atoms with E-state index in [1.54, 1.807) is 0 Å². The molecule has 90 valence electrons. The third-order valence-electron chi connectivity index (χ3n) is 2.80. The molecule has 1 amide bonds. The van der Waals surface area contributed by atoms with Crippen molar-refractivity contribution in [2.45, 2.75) is 26.3 Å². The van der Waals surface area contributed by atoms with Crippen LogP contribution in [0.5, 0.6) is 0 Å². The summed E-state index contributed by atoms with van der Waals surface area (Å²) in [5.41, 5.74) is 0. The number of amides is 1. The fourth-order valence-electron chi connectivity index (χ4n) is 1.76. The topological polar surface area (TPSA) is 44.4 Å². The Morgan fingerprint density at radius 3 is 2.81 bits per heavy atom. The molecule has 0 bridgehead atoms. The van der Waals surface area contributed by atoms with Gasteiger partial charge >= 0.3 is 0 Å². The van der Waals surface area contributed by atoms with Crippen molar-refractivity contribution >= 4 is 5.91 Å². The maximum atomic E-state index is 11.8. The second kappa shape index (κ2) is 7.26. The van der Waals surface area contributed by atoms with Gasteiger partial charge in [-0.2, -0.15) is 0 Å². The summed E-state index contributed by atoms with van der Waals surface area (Å²) in [4.78, 5) is 14.0. The van der Waals surface area contributed by atoms with Crippen LogP contribution in [-0.4, -0.2) is 49.6 Å². The molecule has 1 unspecified atom stereocenters. The van der Waals surface area contributed by atoms with E-state index in [1.807, 2.05) is 13.8 Å². The standard InChI is InChI=1S/C12H21N3O/c1-3-4-5-6-14-12(16)11(2)15-9-7-13-8-10-15/h11,13H,5-10H2,1-2H3,(H,14,16). The lowest BCUT2D eigenvalue weighted by molar-refractivity contribution is -0.126. The maximum absolute atomic E-state index is 11.8. The molecule has 1 rings (SSSR count). The molecule has 0 saturated carbocycles. The molecule has 1 atom stereocenters.